The Morgan fingerprint density at radius 3 is 2.32 bits per heavy atom. The summed E-state index contributed by atoms with van der Waals surface area (Å²) in [5, 5.41) is 17.4. The summed E-state index contributed by atoms with van der Waals surface area (Å²) in [7, 11) is 1.30. The first-order valence-corrected chi connectivity index (χ1v) is 9.11. The van der Waals surface area contributed by atoms with Gasteiger partial charge in [0.15, 0.2) is 0 Å². The Kier molecular flexibility index (Phi) is 4.79. The highest BCUT2D eigenvalue weighted by Gasteiger charge is 2.54. The van der Waals surface area contributed by atoms with Crippen LogP contribution in [0, 0.1) is 10.1 Å². The Hall–Kier alpha value is -3.25. The summed E-state index contributed by atoms with van der Waals surface area (Å²) in [6.07, 6.45) is 0. The van der Waals surface area contributed by atoms with Gasteiger partial charge in [0.2, 0.25) is 6.04 Å². The molecule has 4 rings (SSSR count). The summed E-state index contributed by atoms with van der Waals surface area (Å²) in [5.41, 5.74) is 1.53. The van der Waals surface area contributed by atoms with Crippen LogP contribution in [0.4, 0.5) is 0 Å². The number of nitrogens with zero attached hydrogens (tertiary/aromatic N) is 1. The van der Waals surface area contributed by atoms with Crippen LogP contribution in [0.25, 0.3) is 10.8 Å². The van der Waals surface area contributed by atoms with E-state index in [9.17, 15) is 14.9 Å². The van der Waals surface area contributed by atoms with Crippen LogP contribution in [-0.4, -0.2) is 30.1 Å². The lowest BCUT2D eigenvalue weighted by molar-refractivity contribution is -0.527. The highest BCUT2D eigenvalue weighted by molar-refractivity contribution is 5.83. The zero-order chi connectivity index (χ0) is 19.7. The number of methoxy groups -OCH3 is 1. The molecule has 1 aliphatic heterocycles. The molecular weight excluding hydrogens is 356 g/mol. The van der Waals surface area contributed by atoms with Gasteiger partial charge in [0.25, 0.3) is 0 Å². The van der Waals surface area contributed by atoms with E-state index in [-0.39, 0.29) is 4.92 Å². The molecule has 0 aromatic heterocycles. The molecule has 142 valence electrons. The second-order valence-corrected chi connectivity index (χ2v) is 6.96. The van der Waals surface area contributed by atoms with Crippen molar-refractivity contribution in [2.24, 2.45) is 0 Å². The molecule has 1 aliphatic rings. The van der Waals surface area contributed by atoms with Gasteiger partial charge in [-0.1, -0.05) is 66.7 Å². The number of carbonyl (C=O) groups excluding carboxylic acids is 1. The molecule has 0 spiro atoms. The number of hydrogen-bond donors (Lipinski definition) is 1. The second-order valence-electron chi connectivity index (χ2n) is 6.96. The summed E-state index contributed by atoms with van der Waals surface area (Å²) in [5.74, 6) is -1.12. The number of nitrogens with one attached hydrogen (secondary N) is 1. The van der Waals surface area contributed by atoms with Gasteiger partial charge >= 0.3 is 5.97 Å². The van der Waals surface area contributed by atoms with E-state index < -0.39 is 30.0 Å². The smallest absolute Gasteiger partial charge is 0.323 e. The predicted octanol–water partition coefficient (Wildman–Crippen LogP) is 3.45. The lowest BCUT2D eigenvalue weighted by atomic mass is 9.85. The predicted molar refractivity (Wildman–Crippen MR) is 106 cm³/mol. The molecule has 1 fully saturated rings. The quantitative estimate of drug-likeness (QED) is 0.428. The van der Waals surface area contributed by atoms with Crippen molar-refractivity contribution in [1.82, 2.24) is 5.32 Å². The van der Waals surface area contributed by atoms with Gasteiger partial charge in [0.05, 0.1) is 13.0 Å². The third-order valence-corrected chi connectivity index (χ3v) is 5.44. The maximum atomic E-state index is 12.4. The number of nitro groups is 1. The molecule has 0 unspecified atom stereocenters. The molecule has 6 nitrogen and oxygen atoms in total. The minimum Gasteiger partial charge on any atom is -0.468 e. The first-order chi connectivity index (χ1) is 13.6. The van der Waals surface area contributed by atoms with Crippen molar-refractivity contribution in [3.05, 3.63) is 94.0 Å². The summed E-state index contributed by atoms with van der Waals surface area (Å²) in [6, 6.07) is 20.4. The van der Waals surface area contributed by atoms with Crippen LogP contribution in [-0.2, 0) is 9.53 Å². The van der Waals surface area contributed by atoms with E-state index in [1.165, 1.54) is 7.11 Å². The van der Waals surface area contributed by atoms with Crippen LogP contribution in [0.5, 0.6) is 0 Å². The lowest BCUT2D eigenvalue weighted by Gasteiger charge is -2.19. The maximum absolute atomic E-state index is 12.4. The SMILES string of the molecule is COC(=O)[C@H]1N[C@@H](c2ccc3ccccc3c2)[C@H]([N+](=O)[O-])[C@H]1c1ccccc1. The molecule has 28 heavy (non-hydrogen) atoms. The number of rotatable bonds is 4. The van der Waals surface area contributed by atoms with E-state index >= 15 is 0 Å². The van der Waals surface area contributed by atoms with Gasteiger partial charge < -0.3 is 4.74 Å². The first kappa shape index (κ1) is 18.1. The van der Waals surface area contributed by atoms with Gasteiger partial charge in [-0.2, -0.15) is 0 Å². The normalized spacial score (nSPS) is 24.2. The highest BCUT2D eigenvalue weighted by Crippen LogP contribution is 2.41. The zero-order valence-corrected chi connectivity index (χ0v) is 15.3. The molecule has 4 atom stereocenters. The van der Waals surface area contributed by atoms with Gasteiger partial charge in [0, 0.05) is 4.92 Å². The molecule has 6 heteroatoms. The fraction of sp³-hybridized carbons (Fsp3) is 0.227. The third kappa shape index (κ3) is 3.12. The van der Waals surface area contributed by atoms with Crippen molar-refractivity contribution in [3.63, 3.8) is 0 Å². The second kappa shape index (κ2) is 7.40. The topological polar surface area (TPSA) is 81.5 Å². The summed E-state index contributed by atoms with van der Waals surface area (Å²) in [4.78, 5) is 24.3. The Morgan fingerprint density at radius 1 is 0.964 bits per heavy atom. The van der Waals surface area contributed by atoms with Gasteiger partial charge in [0.1, 0.15) is 12.1 Å². The fourth-order valence-corrected chi connectivity index (χ4v) is 4.15. The fourth-order valence-electron chi connectivity index (χ4n) is 4.15. The van der Waals surface area contributed by atoms with Crippen LogP contribution in [0.3, 0.4) is 0 Å². The van der Waals surface area contributed by atoms with Crippen LogP contribution < -0.4 is 5.32 Å². The highest BCUT2D eigenvalue weighted by atomic mass is 16.6. The molecule has 1 heterocycles. The van der Waals surface area contributed by atoms with E-state index in [4.69, 9.17) is 4.74 Å². The van der Waals surface area contributed by atoms with Crippen molar-refractivity contribution >= 4 is 16.7 Å². The van der Waals surface area contributed by atoms with Crippen molar-refractivity contribution in [1.29, 1.82) is 0 Å². The Bertz CT molecular complexity index is 1020. The zero-order valence-electron chi connectivity index (χ0n) is 15.3. The van der Waals surface area contributed by atoms with Crippen molar-refractivity contribution in [2.45, 2.75) is 24.0 Å². The van der Waals surface area contributed by atoms with E-state index in [1.807, 2.05) is 72.8 Å². The van der Waals surface area contributed by atoms with Gasteiger partial charge in [-0.3, -0.25) is 20.2 Å². The molecule has 0 radical (unpaired) electrons. The van der Waals surface area contributed by atoms with Crippen LogP contribution in [0.1, 0.15) is 23.1 Å². The summed E-state index contributed by atoms with van der Waals surface area (Å²) in [6.45, 7) is 0. The molecular formula is C22H20N2O4. The van der Waals surface area contributed by atoms with Crippen LogP contribution >= 0.6 is 0 Å². The average molecular weight is 376 g/mol. The molecule has 1 saturated heterocycles. The van der Waals surface area contributed by atoms with Crippen molar-refractivity contribution in [3.8, 4) is 0 Å². The van der Waals surface area contributed by atoms with E-state index in [1.54, 1.807) is 0 Å². The molecule has 0 bridgehead atoms. The Labute approximate surface area is 162 Å². The number of carbonyl (C=O) groups is 1. The summed E-state index contributed by atoms with van der Waals surface area (Å²) < 4.78 is 4.94. The lowest BCUT2D eigenvalue weighted by Crippen LogP contribution is -2.37. The standard InChI is InChI=1S/C22H20N2O4/c1-28-22(25)20-18(15-8-3-2-4-9-15)21(24(26)27)19(23-20)17-12-11-14-7-5-6-10-16(14)13-17/h2-13,18-21,23H,1H3/t18-,19-,20-,21+/m0/s1. The number of hydrogen-bond acceptors (Lipinski definition) is 5. The molecule has 0 saturated carbocycles. The van der Waals surface area contributed by atoms with Crippen molar-refractivity contribution in [2.75, 3.05) is 7.11 Å². The van der Waals surface area contributed by atoms with Gasteiger partial charge in [-0.25, -0.2) is 0 Å². The number of esters is 1. The van der Waals surface area contributed by atoms with Crippen LogP contribution in [0.15, 0.2) is 72.8 Å². The number of fused-ring (bicyclic) bond motifs is 1. The number of benzene rings is 3. The molecule has 0 amide bonds. The minimum absolute atomic E-state index is 0.284. The van der Waals surface area contributed by atoms with Crippen LogP contribution in [0.2, 0.25) is 0 Å². The largest absolute Gasteiger partial charge is 0.468 e. The number of ether oxygens (including phenoxy) is 1. The van der Waals surface area contributed by atoms with Gasteiger partial charge in [-0.05, 0) is 28.0 Å². The Balaban J connectivity index is 1.81. The first-order valence-electron chi connectivity index (χ1n) is 9.11. The molecule has 0 aliphatic carbocycles. The maximum Gasteiger partial charge on any atom is 0.323 e. The summed E-state index contributed by atoms with van der Waals surface area (Å²) >= 11 is 0. The third-order valence-electron chi connectivity index (χ3n) is 5.44. The van der Waals surface area contributed by atoms with E-state index in [2.05, 4.69) is 5.32 Å². The molecule has 1 N–H and O–H groups in total. The van der Waals surface area contributed by atoms with Gasteiger partial charge in [-0.15, -0.1) is 0 Å². The van der Waals surface area contributed by atoms with Crippen molar-refractivity contribution < 1.29 is 14.5 Å². The van der Waals surface area contributed by atoms with E-state index in [0.29, 0.717) is 0 Å². The average Bonchev–Trinajstić information content (AvgIpc) is 3.14. The minimum atomic E-state index is -0.993. The monoisotopic (exact) mass is 376 g/mol. The molecule has 3 aromatic carbocycles. The van der Waals surface area contributed by atoms with E-state index in [0.717, 1.165) is 21.9 Å². The Morgan fingerprint density at radius 2 is 1.64 bits per heavy atom. The molecule has 3 aromatic rings.